The molecule has 1 aliphatic heterocycles. The van der Waals surface area contributed by atoms with Gasteiger partial charge in [-0.15, -0.1) is 0 Å². The average Bonchev–Trinajstić information content (AvgIpc) is 3.14. The number of methoxy groups -OCH3 is 1. The average molecular weight is 394 g/mol. The fourth-order valence-electron chi connectivity index (χ4n) is 3.39. The van der Waals surface area contributed by atoms with Crippen LogP contribution in [0.3, 0.4) is 0 Å². The lowest BCUT2D eigenvalue weighted by atomic mass is 10.1. The van der Waals surface area contributed by atoms with Gasteiger partial charge in [0.25, 0.3) is 0 Å². The summed E-state index contributed by atoms with van der Waals surface area (Å²) in [5.41, 5.74) is 1.78. The highest BCUT2D eigenvalue weighted by atomic mass is 16.5. The quantitative estimate of drug-likeness (QED) is 0.645. The van der Waals surface area contributed by atoms with Gasteiger partial charge in [0, 0.05) is 32.2 Å². The maximum absolute atomic E-state index is 12.9. The van der Waals surface area contributed by atoms with Gasteiger partial charge in [-0.05, 0) is 42.0 Å². The third-order valence-electron chi connectivity index (χ3n) is 4.95. The van der Waals surface area contributed by atoms with Gasteiger partial charge >= 0.3 is 0 Å². The number of hydrogen-bond donors (Lipinski definition) is 0. The molecule has 1 fully saturated rings. The first-order valence-electron chi connectivity index (χ1n) is 9.54. The highest BCUT2D eigenvalue weighted by Gasteiger charge is 2.36. The Morgan fingerprint density at radius 2 is 1.83 bits per heavy atom. The minimum absolute atomic E-state index is 0.0265. The van der Waals surface area contributed by atoms with Gasteiger partial charge in [0.15, 0.2) is 0 Å². The Bertz CT molecular complexity index is 861. The number of rotatable bonds is 8. The highest BCUT2D eigenvalue weighted by Crippen LogP contribution is 2.28. The summed E-state index contributed by atoms with van der Waals surface area (Å²) >= 11 is 0. The van der Waals surface area contributed by atoms with Crippen molar-refractivity contribution in [3.8, 4) is 11.5 Å². The van der Waals surface area contributed by atoms with Crippen LogP contribution in [-0.2, 0) is 16.1 Å². The summed E-state index contributed by atoms with van der Waals surface area (Å²) in [6.07, 6.45) is 1.92. The second-order valence-electron chi connectivity index (χ2n) is 7.04. The molecule has 3 rings (SSSR count). The molecule has 2 aromatic rings. The molecule has 152 valence electrons. The van der Waals surface area contributed by atoms with Crippen LogP contribution in [-0.4, -0.2) is 44.0 Å². The molecule has 0 saturated carbocycles. The zero-order valence-electron chi connectivity index (χ0n) is 16.8. The van der Waals surface area contributed by atoms with E-state index in [4.69, 9.17) is 9.47 Å². The number of carbonyl (C=O) groups is 2. The van der Waals surface area contributed by atoms with Crippen molar-refractivity contribution < 1.29 is 19.1 Å². The smallest absolute Gasteiger partial charge is 0.228 e. The van der Waals surface area contributed by atoms with E-state index in [0.29, 0.717) is 19.7 Å². The molecule has 0 radical (unpaired) electrons. The number of nitrogens with zero attached hydrogens (tertiary/aromatic N) is 2. The van der Waals surface area contributed by atoms with Gasteiger partial charge in [0.1, 0.15) is 18.1 Å². The Morgan fingerprint density at radius 1 is 1.17 bits per heavy atom. The molecule has 1 unspecified atom stereocenters. The first-order valence-corrected chi connectivity index (χ1v) is 9.54. The molecule has 0 spiro atoms. The molecular formula is C23H26N2O4. The van der Waals surface area contributed by atoms with E-state index >= 15 is 0 Å². The molecule has 1 atom stereocenters. The molecule has 29 heavy (non-hydrogen) atoms. The van der Waals surface area contributed by atoms with Crippen molar-refractivity contribution in [2.45, 2.75) is 13.0 Å². The molecule has 1 saturated heterocycles. The van der Waals surface area contributed by atoms with Crippen LogP contribution in [0.1, 0.15) is 12.0 Å². The van der Waals surface area contributed by atoms with E-state index in [1.165, 1.54) is 0 Å². The summed E-state index contributed by atoms with van der Waals surface area (Å²) in [7, 11) is 3.37. The van der Waals surface area contributed by atoms with E-state index in [0.717, 1.165) is 22.7 Å². The lowest BCUT2D eigenvalue weighted by Gasteiger charge is -2.22. The fraction of sp³-hybridized carbons (Fsp3) is 0.304. The van der Waals surface area contributed by atoms with Crippen LogP contribution in [0.2, 0.25) is 0 Å². The maximum Gasteiger partial charge on any atom is 0.228 e. The fourth-order valence-corrected chi connectivity index (χ4v) is 3.39. The number of amides is 2. The third-order valence-corrected chi connectivity index (χ3v) is 4.95. The van der Waals surface area contributed by atoms with Gasteiger partial charge in [0.2, 0.25) is 11.8 Å². The summed E-state index contributed by atoms with van der Waals surface area (Å²) < 4.78 is 10.6. The first-order chi connectivity index (χ1) is 14.0. The van der Waals surface area contributed by atoms with Gasteiger partial charge < -0.3 is 19.3 Å². The Hall–Kier alpha value is -3.28. The van der Waals surface area contributed by atoms with Crippen LogP contribution >= 0.6 is 0 Å². The standard InChI is InChI=1S/C23H26N2O4/c1-4-13-29-21-9-5-17(6-10-21)15-24(2)23(27)18-14-22(26)25(16-18)19-7-11-20(28-3)12-8-19/h4-12,18H,1,13-16H2,2-3H3. The van der Waals surface area contributed by atoms with Crippen molar-refractivity contribution in [3.63, 3.8) is 0 Å². The second-order valence-corrected chi connectivity index (χ2v) is 7.04. The molecule has 0 N–H and O–H groups in total. The van der Waals surface area contributed by atoms with Crippen LogP contribution < -0.4 is 14.4 Å². The van der Waals surface area contributed by atoms with E-state index < -0.39 is 0 Å². The summed E-state index contributed by atoms with van der Waals surface area (Å²) in [5, 5.41) is 0. The van der Waals surface area contributed by atoms with Crippen molar-refractivity contribution in [2.24, 2.45) is 5.92 Å². The summed E-state index contributed by atoms with van der Waals surface area (Å²) in [4.78, 5) is 28.7. The van der Waals surface area contributed by atoms with E-state index in [2.05, 4.69) is 6.58 Å². The monoisotopic (exact) mass is 394 g/mol. The number of hydrogen-bond acceptors (Lipinski definition) is 4. The normalized spacial score (nSPS) is 15.9. The van der Waals surface area contributed by atoms with Crippen molar-refractivity contribution in [1.29, 1.82) is 0 Å². The van der Waals surface area contributed by atoms with Gasteiger partial charge in [-0.25, -0.2) is 0 Å². The predicted molar refractivity (Wildman–Crippen MR) is 112 cm³/mol. The van der Waals surface area contributed by atoms with Crippen LogP contribution in [0, 0.1) is 5.92 Å². The van der Waals surface area contributed by atoms with Crippen molar-refractivity contribution in [2.75, 3.05) is 32.2 Å². The van der Waals surface area contributed by atoms with Gasteiger partial charge in [-0.1, -0.05) is 24.8 Å². The lowest BCUT2D eigenvalue weighted by molar-refractivity contribution is -0.135. The van der Waals surface area contributed by atoms with Crippen molar-refractivity contribution in [3.05, 3.63) is 66.7 Å². The topological polar surface area (TPSA) is 59.1 Å². The van der Waals surface area contributed by atoms with E-state index in [-0.39, 0.29) is 24.2 Å². The van der Waals surface area contributed by atoms with Crippen LogP contribution in [0.15, 0.2) is 61.2 Å². The van der Waals surface area contributed by atoms with E-state index in [1.54, 1.807) is 30.0 Å². The molecule has 1 heterocycles. The number of carbonyl (C=O) groups excluding carboxylic acids is 2. The number of ether oxygens (including phenoxy) is 2. The zero-order chi connectivity index (χ0) is 20.8. The minimum Gasteiger partial charge on any atom is -0.497 e. The Kier molecular flexibility index (Phi) is 6.54. The summed E-state index contributed by atoms with van der Waals surface area (Å²) in [6, 6.07) is 14.9. The van der Waals surface area contributed by atoms with Gasteiger partial charge in [0.05, 0.1) is 13.0 Å². The van der Waals surface area contributed by atoms with Crippen molar-refractivity contribution >= 4 is 17.5 Å². The number of benzene rings is 2. The maximum atomic E-state index is 12.9. The third kappa shape index (κ3) is 4.96. The molecule has 2 aromatic carbocycles. The SMILES string of the molecule is C=CCOc1ccc(CN(C)C(=O)C2CC(=O)N(c3ccc(OC)cc3)C2)cc1. The van der Waals surface area contributed by atoms with Crippen LogP contribution in [0.4, 0.5) is 5.69 Å². The highest BCUT2D eigenvalue weighted by molar-refractivity contribution is 6.00. The molecule has 0 aromatic heterocycles. The molecule has 6 nitrogen and oxygen atoms in total. The Labute approximate surface area is 171 Å². The molecule has 1 aliphatic rings. The zero-order valence-corrected chi connectivity index (χ0v) is 16.8. The van der Waals surface area contributed by atoms with E-state index in [9.17, 15) is 9.59 Å². The molecule has 0 bridgehead atoms. The van der Waals surface area contributed by atoms with Crippen LogP contribution in [0.25, 0.3) is 0 Å². The summed E-state index contributed by atoms with van der Waals surface area (Å²) in [5.74, 6) is 1.09. The molecular weight excluding hydrogens is 368 g/mol. The molecule has 0 aliphatic carbocycles. The lowest BCUT2D eigenvalue weighted by Crippen LogP contribution is -2.34. The number of anilines is 1. The molecule has 2 amide bonds. The molecule has 6 heteroatoms. The first kappa shape index (κ1) is 20.5. The van der Waals surface area contributed by atoms with Crippen LogP contribution in [0.5, 0.6) is 11.5 Å². The van der Waals surface area contributed by atoms with Crippen molar-refractivity contribution in [1.82, 2.24) is 4.90 Å². The minimum atomic E-state index is -0.343. The summed E-state index contributed by atoms with van der Waals surface area (Å²) in [6.45, 7) is 4.95. The largest absolute Gasteiger partial charge is 0.497 e. The Morgan fingerprint density at radius 3 is 2.45 bits per heavy atom. The second kappa shape index (κ2) is 9.28. The Balaban J connectivity index is 1.59. The predicted octanol–water partition coefficient (Wildman–Crippen LogP) is 3.27. The van der Waals surface area contributed by atoms with E-state index in [1.807, 2.05) is 48.5 Å². The van der Waals surface area contributed by atoms with Gasteiger partial charge in [-0.2, -0.15) is 0 Å². The van der Waals surface area contributed by atoms with Gasteiger partial charge in [-0.3, -0.25) is 9.59 Å².